The molecule has 2 fully saturated rings. The van der Waals surface area contributed by atoms with Crippen LogP contribution in [0.15, 0.2) is 29.6 Å². The van der Waals surface area contributed by atoms with Crippen LogP contribution in [-0.2, 0) is 14.0 Å². The summed E-state index contributed by atoms with van der Waals surface area (Å²) < 4.78 is 17.6. The van der Waals surface area contributed by atoms with Gasteiger partial charge in [0.25, 0.3) is 0 Å². The molecule has 1 saturated carbocycles. The van der Waals surface area contributed by atoms with E-state index in [-0.39, 0.29) is 23.4 Å². The van der Waals surface area contributed by atoms with E-state index in [0.29, 0.717) is 10.7 Å². The summed E-state index contributed by atoms with van der Waals surface area (Å²) in [5.41, 5.74) is 1.84. The fourth-order valence-corrected chi connectivity index (χ4v) is 4.30. The summed E-state index contributed by atoms with van der Waals surface area (Å²) in [6.07, 6.45) is 1.61. The minimum Gasteiger partial charge on any atom is -0.446 e. The normalized spacial score (nSPS) is 20.0. The highest BCUT2D eigenvalue weighted by Gasteiger charge is 2.51. The lowest BCUT2D eigenvalue weighted by Gasteiger charge is -2.32. The van der Waals surface area contributed by atoms with E-state index in [0.717, 1.165) is 28.7 Å². The van der Waals surface area contributed by atoms with Gasteiger partial charge in [0.15, 0.2) is 0 Å². The number of hydrogen-bond donors (Lipinski definition) is 0. The Morgan fingerprint density at radius 1 is 1.21 bits per heavy atom. The first-order valence-electron chi connectivity index (χ1n) is 9.76. The lowest BCUT2D eigenvalue weighted by atomic mass is 9.81. The molecule has 0 bridgehead atoms. The zero-order valence-corrected chi connectivity index (χ0v) is 18.9. The van der Waals surface area contributed by atoms with Crippen LogP contribution >= 0.6 is 22.9 Å². The topological polar surface area (TPSA) is 48.0 Å². The Morgan fingerprint density at radius 2 is 1.86 bits per heavy atom. The van der Waals surface area contributed by atoms with Gasteiger partial charge in [0.1, 0.15) is 6.10 Å². The van der Waals surface area contributed by atoms with E-state index in [1.54, 1.807) is 24.5 Å². The average Bonchev–Trinajstić information content (AvgIpc) is 3.25. The largest absolute Gasteiger partial charge is 0.495 e. The van der Waals surface area contributed by atoms with Crippen molar-refractivity contribution in [3.8, 4) is 10.4 Å². The standard InChI is InChI=1S/C21H25BClNO4S/c1-20(2)21(3,4)28-22(27-20)13-10-18(29-12-13)16-9-6-14(11-17(16)23)24(5)19(25)26-15-7-8-15/h6,9-12,15H,7-8H2,1-5H3. The maximum atomic E-state index is 12.2. The minimum atomic E-state index is -0.397. The van der Waals surface area contributed by atoms with Gasteiger partial charge in [-0.1, -0.05) is 11.6 Å². The summed E-state index contributed by atoms with van der Waals surface area (Å²) in [5, 5.41) is 2.62. The molecule has 2 heterocycles. The lowest BCUT2D eigenvalue weighted by Crippen LogP contribution is -2.41. The molecule has 1 amide bonds. The molecule has 1 aliphatic carbocycles. The zero-order chi connectivity index (χ0) is 21.0. The highest BCUT2D eigenvalue weighted by Crippen LogP contribution is 2.38. The SMILES string of the molecule is CN(C(=O)OC1CC1)c1ccc(-c2cc(B3OC(C)(C)C(C)(C)O3)cs2)c(Cl)c1. The molecule has 2 aromatic rings. The Bertz CT molecular complexity index is 925. The summed E-state index contributed by atoms with van der Waals surface area (Å²) in [7, 11) is 1.30. The van der Waals surface area contributed by atoms with Gasteiger partial charge in [0, 0.05) is 23.2 Å². The smallest absolute Gasteiger partial charge is 0.446 e. The first kappa shape index (κ1) is 20.7. The van der Waals surface area contributed by atoms with E-state index < -0.39 is 7.12 Å². The summed E-state index contributed by atoms with van der Waals surface area (Å²) in [6, 6.07) is 7.65. The Hall–Kier alpha value is -1.54. The van der Waals surface area contributed by atoms with Gasteiger partial charge in [-0.15, -0.1) is 11.3 Å². The fourth-order valence-electron chi connectivity index (χ4n) is 3.02. The van der Waals surface area contributed by atoms with Crippen molar-refractivity contribution in [1.29, 1.82) is 0 Å². The number of anilines is 1. The van der Waals surface area contributed by atoms with Gasteiger partial charge >= 0.3 is 13.2 Å². The predicted molar refractivity (Wildman–Crippen MR) is 118 cm³/mol. The summed E-state index contributed by atoms with van der Waals surface area (Å²) in [5.74, 6) is 0. The molecule has 0 radical (unpaired) electrons. The second-order valence-corrected chi connectivity index (χ2v) is 9.96. The van der Waals surface area contributed by atoms with Crippen molar-refractivity contribution >= 4 is 47.3 Å². The number of nitrogens with zero attached hydrogens (tertiary/aromatic N) is 1. The molecule has 5 nitrogen and oxygen atoms in total. The quantitative estimate of drug-likeness (QED) is 0.629. The van der Waals surface area contributed by atoms with Crippen LogP contribution in [0.1, 0.15) is 40.5 Å². The van der Waals surface area contributed by atoms with Crippen molar-refractivity contribution in [1.82, 2.24) is 0 Å². The zero-order valence-electron chi connectivity index (χ0n) is 17.3. The fraction of sp³-hybridized carbons (Fsp3) is 0.476. The molecule has 29 heavy (non-hydrogen) atoms. The minimum absolute atomic E-state index is 0.0687. The third-order valence-corrected chi connectivity index (χ3v) is 7.11. The summed E-state index contributed by atoms with van der Waals surface area (Å²) >= 11 is 8.15. The van der Waals surface area contributed by atoms with Crippen LogP contribution in [0.2, 0.25) is 5.02 Å². The van der Waals surface area contributed by atoms with E-state index in [4.69, 9.17) is 25.6 Å². The highest BCUT2D eigenvalue weighted by atomic mass is 35.5. The lowest BCUT2D eigenvalue weighted by molar-refractivity contribution is 0.00578. The number of halogens is 1. The Labute approximate surface area is 181 Å². The van der Waals surface area contributed by atoms with Crippen molar-refractivity contribution in [2.75, 3.05) is 11.9 Å². The second-order valence-electron chi connectivity index (χ2n) is 8.64. The van der Waals surface area contributed by atoms with Crippen molar-refractivity contribution in [2.24, 2.45) is 0 Å². The molecule has 0 atom stereocenters. The number of carbonyl (C=O) groups is 1. The van der Waals surface area contributed by atoms with E-state index >= 15 is 0 Å². The molecule has 2 aliphatic rings. The average molecular weight is 434 g/mol. The van der Waals surface area contributed by atoms with Gasteiger partial charge < -0.3 is 14.0 Å². The number of thiophene rings is 1. The van der Waals surface area contributed by atoms with Crippen molar-refractivity contribution < 1.29 is 18.8 Å². The van der Waals surface area contributed by atoms with Gasteiger partial charge in [0.05, 0.1) is 16.2 Å². The molecule has 154 valence electrons. The van der Waals surface area contributed by atoms with E-state index in [2.05, 4.69) is 6.07 Å². The molecule has 0 unspecified atom stereocenters. The molecular formula is C21H25BClNO4S. The molecule has 1 saturated heterocycles. The highest BCUT2D eigenvalue weighted by molar-refractivity contribution is 7.14. The van der Waals surface area contributed by atoms with Crippen LogP contribution in [0.25, 0.3) is 10.4 Å². The van der Waals surface area contributed by atoms with E-state index in [9.17, 15) is 4.79 Å². The third kappa shape index (κ3) is 4.06. The number of benzene rings is 1. The van der Waals surface area contributed by atoms with E-state index in [1.807, 2.05) is 45.2 Å². The molecular weight excluding hydrogens is 409 g/mol. The second kappa shape index (κ2) is 7.31. The molecule has 4 rings (SSSR count). The van der Waals surface area contributed by atoms with E-state index in [1.165, 1.54) is 4.90 Å². The van der Waals surface area contributed by atoms with Crippen LogP contribution in [0.3, 0.4) is 0 Å². The van der Waals surface area contributed by atoms with Crippen LogP contribution in [-0.4, -0.2) is 37.6 Å². The molecule has 0 spiro atoms. The van der Waals surface area contributed by atoms with Crippen molar-refractivity contribution in [2.45, 2.75) is 57.8 Å². The Balaban J connectivity index is 1.52. The Kier molecular flexibility index (Phi) is 5.22. The van der Waals surface area contributed by atoms with Gasteiger partial charge in [-0.05, 0) is 75.6 Å². The number of rotatable bonds is 4. The Morgan fingerprint density at radius 3 is 2.45 bits per heavy atom. The van der Waals surface area contributed by atoms with Crippen LogP contribution in [0.5, 0.6) is 0 Å². The number of carbonyl (C=O) groups excluding carboxylic acids is 1. The summed E-state index contributed by atoms with van der Waals surface area (Å²) in [6.45, 7) is 8.17. The van der Waals surface area contributed by atoms with Gasteiger partial charge in [-0.25, -0.2) is 4.79 Å². The van der Waals surface area contributed by atoms with Crippen molar-refractivity contribution in [3.63, 3.8) is 0 Å². The predicted octanol–water partition coefficient (Wildman–Crippen LogP) is 5.10. The van der Waals surface area contributed by atoms with Crippen LogP contribution in [0.4, 0.5) is 10.5 Å². The maximum Gasteiger partial charge on any atom is 0.495 e. The van der Waals surface area contributed by atoms with Crippen molar-refractivity contribution in [3.05, 3.63) is 34.7 Å². The van der Waals surface area contributed by atoms with Crippen LogP contribution in [0, 0.1) is 0 Å². The maximum absolute atomic E-state index is 12.2. The van der Waals surface area contributed by atoms with Gasteiger partial charge in [0.2, 0.25) is 0 Å². The summed E-state index contributed by atoms with van der Waals surface area (Å²) in [4.78, 5) is 14.7. The first-order chi connectivity index (χ1) is 13.6. The number of amides is 1. The van der Waals surface area contributed by atoms with Crippen LogP contribution < -0.4 is 10.4 Å². The van der Waals surface area contributed by atoms with Gasteiger partial charge in [-0.3, -0.25) is 4.90 Å². The monoisotopic (exact) mass is 433 g/mol. The molecule has 0 N–H and O–H groups in total. The molecule has 1 aromatic heterocycles. The van der Waals surface area contributed by atoms with Gasteiger partial charge in [-0.2, -0.15) is 0 Å². The number of ether oxygens (including phenoxy) is 1. The molecule has 8 heteroatoms. The molecule has 1 aliphatic heterocycles. The number of hydrogen-bond acceptors (Lipinski definition) is 5. The first-order valence-corrected chi connectivity index (χ1v) is 11.0. The molecule has 1 aromatic carbocycles. The third-order valence-electron chi connectivity index (χ3n) is 5.82.